The maximum absolute atomic E-state index is 14.0. The SMILES string of the molecule is CC(N)CCC(=O)Nc1ccc(NCC2CCCO2)c(F)c1.Cl.Cl. The largest absolute Gasteiger partial charge is 0.380 e. The van der Waals surface area contributed by atoms with Crippen molar-refractivity contribution in [3.63, 3.8) is 0 Å². The zero-order chi connectivity index (χ0) is 15.9. The van der Waals surface area contributed by atoms with Gasteiger partial charge in [-0.15, -0.1) is 24.8 Å². The first-order chi connectivity index (χ1) is 10.5. The third-order valence-corrected chi connectivity index (χ3v) is 3.62. The first-order valence-electron chi connectivity index (χ1n) is 7.75. The second-order valence-corrected chi connectivity index (χ2v) is 5.77. The van der Waals surface area contributed by atoms with Gasteiger partial charge in [-0.3, -0.25) is 4.79 Å². The molecule has 1 aliphatic heterocycles. The molecular weight excluding hydrogens is 356 g/mol. The minimum atomic E-state index is -0.386. The number of anilines is 2. The van der Waals surface area contributed by atoms with Crippen molar-refractivity contribution in [3.05, 3.63) is 24.0 Å². The Morgan fingerprint density at radius 2 is 2.21 bits per heavy atom. The fourth-order valence-corrected chi connectivity index (χ4v) is 2.35. The Kier molecular flexibility index (Phi) is 11.0. The third kappa shape index (κ3) is 7.66. The maximum atomic E-state index is 14.0. The van der Waals surface area contributed by atoms with Crippen LogP contribution in [0.1, 0.15) is 32.6 Å². The van der Waals surface area contributed by atoms with Crippen LogP contribution in [0.4, 0.5) is 15.8 Å². The van der Waals surface area contributed by atoms with Crippen molar-refractivity contribution in [3.8, 4) is 0 Å². The van der Waals surface area contributed by atoms with Crippen molar-refractivity contribution in [2.45, 2.75) is 44.8 Å². The summed E-state index contributed by atoms with van der Waals surface area (Å²) in [4.78, 5) is 11.7. The molecule has 1 aromatic carbocycles. The van der Waals surface area contributed by atoms with Gasteiger partial charge >= 0.3 is 0 Å². The lowest BCUT2D eigenvalue weighted by Gasteiger charge is -2.13. The second-order valence-electron chi connectivity index (χ2n) is 5.77. The number of ether oxygens (including phenoxy) is 1. The van der Waals surface area contributed by atoms with Crippen LogP contribution in [0.2, 0.25) is 0 Å². The molecular formula is C16H26Cl2FN3O2. The number of benzene rings is 1. The molecule has 1 fully saturated rings. The van der Waals surface area contributed by atoms with Crippen LogP contribution in [-0.2, 0) is 9.53 Å². The fourth-order valence-electron chi connectivity index (χ4n) is 2.35. The minimum absolute atomic E-state index is 0. The predicted octanol–water partition coefficient (Wildman–Crippen LogP) is 3.33. The number of amides is 1. The molecule has 0 saturated carbocycles. The number of carbonyl (C=O) groups excluding carboxylic acids is 1. The lowest BCUT2D eigenvalue weighted by atomic mass is 10.2. The van der Waals surface area contributed by atoms with Gasteiger partial charge in [-0.1, -0.05) is 0 Å². The average Bonchev–Trinajstić information content (AvgIpc) is 2.97. The Morgan fingerprint density at radius 3 is 2.79 bits per heavy atom. The molecule has 1 aromatic rings. The van der Waals surface area contributed by atoms with Crippen LogP contribution in [0.5, 0.6) is 0 Å². The Labute approximate surface area is 154 Å². The van der Waals surface area contributed by atoms with E-state index in [0.717, 1.165) is 19.4 Å². The third-order valence-electron chi connectivity index (χ3n) is 3.62. The van der Waals surface area contributed by atoms with Crippen molar-refractivity contribution in [2.24, 2.45) is 5.73 Å². The molecule has 1 heterocycles. The molecule has 0 bridgehead atoms. The van der Waals surface area contributed by atoms with Crippen LogP contribution in [-0.4, -0.2) is 31.2 Å². The lowest BCUT2D eigenvalue weighted by Crippen LogP contribution is -2.20. The van der Waals surface area contributed by atoms with Crippen LogP contribution in [0.25, 0.3) is 0 Å². The topological polar surface area (TPSA) is 76.4 Å². The highest BCUT2D eigenvalue weighted by Gasteiger charge is 2.15. The molecule has 2 rings (SSSR count). The second kappa shape index (κ2) is 11.5. The van der Waals surface area contributed by atoms with Crippen molar-refractivity contribution >= 4 is 42.1 Å². The number of halogens is 3. The zero-order valence-electron chi connectivity index (χ0n) is 13.7. The Balaban J connectivity index is 0.00000264. The minimum Gasteiger partial charge on any atom is -0.380 e. The van der Waals surface area contributed by atoms with Gasteiger partial charge in [0.15, 0.2) is 0 Å². The van der Waals surface area contributed by atoms with E-state index >= 15 is 0 Å². The van der Waals surface area contributed by atoms with Gasteiger partial charge in [-0.05, 0) is 44.4 Å². The summed E-state index contributed by atoms with van der Waals surface area (Å²) in [5, 5.41) is 5.72. The molecule has 8 heteroatoms. The first kappa shape index (κ1) is 22.9. The molecule has 1 amide bonds. The van der Waals surface area contributed by atoms with Gasteiger partial charge in [0, 0.05) is 31.3 Å². The van der Waals surface area contributed by atoms with Crippen molar-refractivity contribution in [1.82, 2.24) is 0 Å². The normalized spacial score (nSPS) is 17.4. The standard InChI is InChI=1S/C16H24FN3O2.2ClH/c1-11(18)4-7-16(21)20-12-5-6-15(14(17)9-12)19-10-13-3-2-8-22-13;;/h5-6,9,11,13,19H,2-4,7-8,10,18H2,1H3,(H,20,21);2*1H. The molecule has 2 unspecified atom stereocenters. The summed E-state index contributed by atoms with van der Waals surface area (Å²) in [5.41, 5.74) is 6.48. The van der Waals surface area contributed by atoms with E-state index in [2.05, 4.69) is 10.6 Å². The molecule has 0 radical (unpaired) electrons. The van der Waals surface area contributed by atoms with Crippen LogP contribution in [0.15, 0.2) is 18.2 Å². The van der Waals surface area contributed by atoms with Gasteiger partial charge in [0.25, 0.3) is 0 Å². The van der Waals surface area contributed by atoms with E-state index in [9.17, 15) is 9.18 Å². The number of hydrogen-bond donors (Lipinski definition) is 3. The van der Waals surface area contributed by atoms with E-state index in [1.54, 1.807) is 12.1 Å². The molecule has 0 spiro atoms. The van der Waals surface area contributed by atoms with E-state index < -0.39 is 0 Å². The summed E-state index contributed by atoms with van der Waals surface area (Å²) in [5.74, 6) is -0.542. The van der Waals surface area contributed by atoms with Gasteiger partial charge in [0.1, 0.15) is 5.82 Å². The maximum Gasteiger partial charge on any atom is 0.224 e. The van der Waals surface area contributed by atoms with Gasteiger partial charge in [-0.2, -0.15) is 0 Å². The van der Waals surface area contributed by atoms with E-state index in [4.69, 9.17) is 10.5 Å². The number of hydrogen-bond acceptors (Lipinski definition) is 4. The lowest BCUT2D eigenvalue weighted by molar-refractivity contribution is -0.116. The summed E-state index contributed by atoms with van der Waals surface area (Å²) in [6.45, 7) is 3.22. The summed E-state index contributed by atoms with van der Waals surface area (Å²) in [6, 6.07) is 4.62. The highest BCUT2D eigenvalue weighted by molar-refractivity contribution is 5.90. The zero-order valence-corrected chi connectivity index (χ0v) is 15.4. The van der Waals surface area contributed by atoms with E-state index in [-0.39, 0.29) is 48.7 Å². The Hall–Kier alpha value is -1.08. The Morgan fingerprint density at radius 1 is 1.46 bits per heavy atom. The molecule has 24 heavy (non-hydrogen) atoms. The molecule has 5 nitrogen and oxygen atoms in total. The fraction of sp³-hybridized carbons (Fsp3) is 0.562. The van der Waals surface area contributed by atoms with Gasteiger partial charge < -0.3 is 21.1 Å². The number of rotatable bonds is 7. The van der Waals surface area contributed by atoms with Crippen molar-refractivity contribution in [2.75, 3.05) is 23.8 Å². The molecule has 1 saturated heterocycles. The molecule has 138 valence electrons. The molecule has 2 atom stereocenters. The van der Waals surface area contributed by atoms with Crippen LogP contribution in [0.3, 0.4) is 0 Å². The van der Waals surface area contributed by atoms with Crippen LogP contribution < -0.4 is 16.4 Å². The molecule has 0 aliphatic carbocycles. The number of nitrogens with one attached hydrogen (secondary N) is 2. The Bertz CT molecular complexity index is 512. The monoisotopic (exact) mass is 381 g/mol. The predicted molar refractivity (Wildman–Crippen MR) is 99.9 cm³/mol. The summed E-state index contributed by atoms with van der Waals surface area (Å²) < 4.78 is 19.5. The van der Waals surface area contributed by atoms with Gasteiger partial charge in [0.2, 0.25) is 5.91 Å². The van der Waals surface area contributed by atoms with Crippen LogP contribution >= 0.6 is 24.8 Å². The van der Waals surface area contributed by atoms with E-state index in [1.165, 1.54) is 6.07 Å². The first-order valence-corrected chi connectivity index (χ1v) is 7.75. The smallest absolute Gasteiger partial charge is 0.224 e. The molecule has 0 aromatic heterocycles. The van der Waals surface area contributed by atoms with Crippen molar-refractivity contribution in [1.29, 1.82) is 0 Å². The summed E-state index contributed by atoms with van der Waals surface area (Å²) in [6.07, 6.45) is 3.15. The highest BCUT2D eigenvalue weighted by Crippen LogP contribution is 2.20. The summed E-state index contributed by atoms with van der Waals surface area (Å²) in [7, 11) is 0. The van der Waals surface area contributed by atoms with Gasteiger partial charge in [-0.25, -0.2) is 4.39 Å². The molecule has 1 aliphatic rings. The highest BCUT2D eigenvalue weighted by atomic mass is 35.5. The van der Waals surface area contributed by atoms with Crippen LogP contribution in [0, 0.1) is 5.82 Å². The molecule has 4 N–H and O–H groups in total. The van der Waals surface area contributed by atoms with E-state index in [1.807, 2.05) is 6.92 Å². The average molecular weight is 382 g/mol. The van der Waals surface area contributed by atoms with Gasteiger partial charge in [0.05, 0.1) is 11.8 Å². The van der Waals surface area contributed by atoms with Crippen molar-refractivity contribution < 1.29 is 13.9 Å². The van der Waals surface area contributed by atoms with E-state index in [0.29, 0.717) is 30.8 Å². The quantitative estimate of drug-likeness (QED) is 0.676. The number of nitrogens with two attached hydrogens (primary N) is 1. The number of carbonyl (C=O) groups is 1. The summed E-state index contributed by atoms with van der Waals surface area (Å²) >= 11 is 0.